The highest BCUT2D eigenvalue weighted by Gasteiger charge is 2.24. The van der Waals surface area contributed by atoms with E-state index >= 15 is 0 Å². The standard InChI is InChI=1S/C21H33FN4O2.HI/c1-2-23-21(25-18-7-9-19(27)10-8-18)24-15-20(26-11-13-28-14-12-26)16-3-5-17(22)6-4-16;/h3-6,18-20,27H,2,7-15H2,1H3,(H2,23,24,25);1H. The number of aliphatic hydroxyl groups excluding tert-OH is 1. The van der Waals surface area contributed by atoms with Crippen LogP contribution < -0.4 is 10.6 Å². The van der Waals surface area contributed by atoms with Crippen LogP contribution in [0.3, 0.4) is 0 Å². The molecule has 1 saturated carbocycles. The Balaban J connectivity index is 0.00000300. The van der Waals surface area contributed by atoms with Crippen LogP contribution in [0.1, 0.15) is 44.2 Å². The van der Waals surface area contributed by atoms with Crippen molar-refractivity contribution in [3.8, 4) is 0 Å². The Morgan fingerprint density at radius 1 is 1.21 bits per heavy atom. The summed E-state index contributed by atoms with van der Waals surface area (Å²) in [6.45, 7) is 6.57. The van der Waals surface area contributed by atoms with Crippen LogP contribution >= 0.6 is 24.0 Å². The molecule has 29 heavy (non-hydrogen) atoms. The van der Waals surface area contributed by atoms with Crippen molar-refractivity contribution < 1.29 is 14.2 Å². The summed E-state index contributed by atoms with van der Waals surface area (Å²) < 4.78 is 18.9. The maximum Gasteiger partial charge on any atom is 0.191 e. The number of nitrogens with zero attached hydrogens (tertiary/aromatic N) is 2. The Bertz CT molecular complexity index is 618. The van der Waals surface area contributed by atoms with Gasteiger partial charge in [0.25, 0.3) is 0 Å². The Labute approximate surface area is 190 Å². The lowest BCUT2D eigenvalue weighted by atomic mass is 9.93. The molecular formula is C21H34FIN4O2. The molecule has 8 heteroatoms. The summed E-state index contributed by atoms with van der Waals surface area (Å²) in [4.78, 5) is 7.22. The summed E-state index contributed by atoms with van der Waals surface area (Å²) in [5, 5.41) is 16.6. The number of nitrogens with one attached hydrogen (secondary N) is 2. The van der Waals surface area contributed by atoms with Crippen LogP contribution in [-0.2, 0) is 4.74 Å². The SMILES string of the molecule is CCNC(=NCC(c1ccc(F)cc1)N1CCOCC1)NC1CCC(O)CC1.I. The summed E-state index contributed by atoms with van der Waals surface area (Å²) >= 11 is 0. The van der Waals surface area contributed by atoms with E-state index in [1.54, 1.807) is 0 Å². The van der Waals surface area contributed by atoms with Gasteiger partial charge >= 0.3 is 0 Å². The van der Waals surface area contributed by atoms with Crippen molar-refractivity contribution >= 4 is 29.9 Å². The zero-order chi connectivity index (χ0) is 19.8. The number of morpholine rings is 1. The van der Waals surface area contributed by atoms with Gasteiger partial charge in [0.2, 0.25) is 0 Å². The first-order valence-electron chi connectivity index (χ1n) is 10.5. The Morgan fingerprint density at radius 2 is 1.86 bits per heavy atom. The van der Waals surface area contributed by atoms with E-state index in [4.69, 9.17) is 9.73 Å². The molecule has 1 aliphatic carbocycles. The molecule has 3 N–H and O–H groups in total. The van der Waals surface area contributed by atoms with Gasteiger partial charge in [-0.15, -0.1) is 24.0 Å². The molecule has 6 nitrogen and oxygen atoms in total. The van der Waals surface area contributed by atoms with Gasteiger partial charge in [-0.05, 0) is 50.3 Å². The molecule has 1 heterocycles. The topological polar surface area (TPSA) is 69.1 Å². The van der Waals surface area contributed by atoms with E-state index in [1.165, 1.54) is 12.1 Å². The molecule has 1 unspecified atom stereocenters. The van der Waals surface area contributed by atoms with E-state index in [-0.39, 0.29) is 41.9 Å². The Hall–Kier alpha value is -0.970. The number of rotatable bonds is 6. The van der Waals surface area contributed by atoms with E-state index < -0.39 is 0 Å². The second-order valence-electron chi connectivity index (χ2n) is 7.59. The molecule has 0 spiro atoms. The van der Waals surface area contributed by atoms with Crippen LogP contribution in [0.5, 0.6) is 0 Å². The van der Waals surface area contributed by atoms with E-state index in [2.05, 4.69) is 22.5 Å². The predicted molar refractivity (Wildman–Crippen MR) is 124 cm³/mol. The largest absolute Gasteiger partial charge is 0.393 e. The van der Waals surface area contributed by atoms with E-state index in [9.17, 15) is 9.50 Å². The highest BCUT2D eigenvalue weighted by atomic mass is 127. The van der Waals surface area contributed by atoms with E-state index in [0.29, 0.717) is 25.8 Å². The molecule has 1 atom stereocenters. The molecule has 2 fully saturated rings. The average molecular weight is 520 g/mol. The first-order valence-corrected chi connectivity index (χ1v) is 10.5. The van der Waals surface area contributed by atoms with Crippen molar-refractivity contribution in [3.05, 3.63) is 35.6 Å². The van der Waals surface area contributed by atoms with Gasteiger partial charge < -0.3 is 20.5 Å². The third-order valence-corrected chi connectivity index (χ3v) is 5.55. The van der Waals surface area contributed by atoms with Crippen LogP contribution in [0.2, 0.25) is 0 Å². The monoisotopic (exact) mass is 520 g/mol. The van der Waals surface area contributed by atoms with Gasteiger partial charge in [0.05, 0.1) is 31.9 Å². The fourth-order valence-corrected chi connectivity index (χ4v) is 3.92. The van der Waals surface area contributed by atoms with Crippen LogP contribution in [-0.4, -0.2) is 67.5 Å². The predicted octanol–water partition coefficient (Wildman–Crippen LogP) is 2.68. The summed E-state index contributed by atoms with van der Waals surface area (Å²) in [6.07, 6.45) is 3.42. The van der Waals surface area contributed by atoms with Crippen LogP contribution in [0.25, 0.3) is 0 Å². The average Bonchev–Trinajstić information content (AvgIpc) is 2.72. The van der Waals surface area contributed by atoms with Crippen molar-refractivity contribution in [1.29, 1.82) is 0 Å². The zero-order valence-electron chi connectivity index (χ0n) is 17.1. The fourth-order valence-electron chi connectivity index (χ4n) is 3.92. The molecule has 0 bridgehead atoms. The number of aliphatic imine (C=N–C) groups is 1. The normalized spacial score (nSPS) is 24.4. The molecule has 1 saturated heterocycles. The number of hydrogen-bond donors (Lipinski definition) is 3. The second kappa shape index (κ2) is 12.7. The number of halogens is 2. The van der Waals surface area contributed by atoms with Gasteiger partial charge in [0.1, 0.15) is 5.82 Å². The Morgan fingerprint density at radius 3 is 2.48 bits per heavy atom. The second-order valence-corrected chi connectivity index (χ2v) is 7.59. The van der Waals surface area contributed by atoms with Gasteiger partial charge in [0, 0.05) is 25.7 Å². The number of aliphatic hydroxyl groups is 1. The summed E-state index contributed by atoms with van der Waals surface area (Å²) in [5.41, 5.74) is 1.07. The lowest BCUT2D eigenvalue weighted by molar-refractivity contribution is 0.0179. The zero-order valence-corrected chi connectivity index (χ0v) is 19.5. The van der Waals surface area contributed by atoms with Crippen molar-refractivity contribution in [2.24, 2.45) is 4.99 Å². The third-order valence-electron chi connectivity index (χ3n) is 5.55. The van der Waals surface area contributed by atoms with Crippen molar-refractivity contribution in [1.82, 2.24) is 15.5 Å². The number of benzene rings is 1. The molecule has 0 radical (unpaired) electrons. The smallest absolute Gasteiger partial charge is 0.191 e. The molecular weight excluding hydrogens is 486 g/mol. The minimum atomic E-state index is -0.220. The summed E-state index contributed by atoms with van der Waals surface area (Å²) in [6, 6.07) is 7.18. The molecule has 1 aliphatic heterocycles. The number of hydrogen-bond acceptors (Lipinski definition) is 4. The molecule has 1 aromatic carbocycles. The number of guanidine groups is 1. The fraction of sp³-hybridized carbons (Fsp3) is 0.667. The first-order chi connectivity index (χ1) is 13.7. The van der Waals surface area contributed by atoms with Crippen LogP contribution in [0.4, 0.5) is 4.39 Å². The first kappa shape index (κ1) is 24.3. The molecule has 1 aromatic rings. The maximum absolute atomic E-state index is 13.4. The van der Waals surface area contributed by atoms with Crippen LogP contribution in [0.15, 0.2) is 29.3 Å². The van der Waals surface area contributed by atoms with E-state index in [0.717, 1.165) is 56.8 Å². The van der Waals surface area contributed by atoms with Gasteiger partial charge in [-0.2, -0.15) is 0 Å². The summed E-state index contributed by atoms with van der Waals surface area (Å²) in [5.74, 6) is 0.590. The van der Waals surface area contributed by atoms with Crippen LogP contribution in [0, 0.1) is 5.82 Å². The molecule has 0 aromatic heterocycles. The molecule has 164 valence electrons. The van der Waals surface area contributed by atoms with Gasteiger partial charge in [0.15, 0.2) is 5.96 Å². The highest BCUT2D eigenvalue weighted by molar-refractivity contribution is 14.0. The van der Waals surface area contributed by atoms with Gasteiger partial charge in [-0.3, -0.25) is 9.89 Å². The molecule has 2 aliphatic rings. The minimum absolute atomic E-state index is 0. The quantitative estimate of drug-likeness (QED) is 0.306. The van der Waals surface area contributed by atoms with Gasteiger partial charge in [-0.25, -0.2) is 4.39 Å². The lowest BCUT2D eigenvalue weighted by Gasteiger charge is -2.34. The van der Waals surface area contributed by atoms with E-state index in [1.807, 2.05) is 12.1 Å². The minimum Gasteiger partial charge on any atom is -0.393 e. The molecule has 3 rings (SSSR count). The summed E-state index contributed by atoms with van der Waals surface area (Å²) in [7, 11) is 0. The van der Waals surface area contributed by atoms with Gasteiger partial charge in [-0.1, -0.05) is 12.1 Å². The van der Waals surface area contributed by atoms with Crippen molar-refractivity contribution in [2.45, 2.75) is 50.8 Å². The third kappa shape index (κ3) is 7.66. The molecule has 0 amide bonds. The highest BCUT2D eigenvalue weighted by Crippen LogP contribution is 2.23. The lowest BCUT2D eigenvalue weighted by Crippen LogP contribution is -2.46. The number of ether oxygens (including phenoxy) is 1. The maximum atomic E-state index is 13.4. The Kier molecular flexibility index (Phi) is 10.6. The van der Waals surface area contributed by atoms with Crippen molar-refractivity contribution in [2.75, 3.05) is 39.4 Å². The van der Waals surface area contributed by atoms with Crippen molar-refractivity contribution in [3.63, 3.8) is 0 Å².